The second-order valence-electron chi connectivity index (χ2n) is 3.26. The zero-order valence-corrected chi connectivity index (χ0v) is 11.4. The van der Waals surface area contributed by atoms with Gasteiger partial charge in [-0.25, -0.2) is 4.98 Å². The molecule has 0 fully saturated rings. The summed E-state index contributed by atoms with van der Waals surface area (Å²) >= 11 is 8.60. The summed E-state index contributed by atoms with van der Waals surface area (Å²) in [6.45, 7) is 0. The fourth-order valence-corrected chi connectivity index (χ4v) is 1.70. The first-order chi connectivity index (χ1) is 8.97. The zero-order valence-electron chi connectivity index (χ0n) is 9.01. The van der Waals surface area contributed by atoms with Crippen molar-refractivity contribution in [3.63, 3.8) is 0 Å². The molecule has 2 rings (SSSR count). The van der Waals surface area contributed by atoms with Gasteiger partial charge in [-0.1, -0.05) is 15.9 Å². The Kier molecular flexibility index (Phi) is 3.91. The molecule has 1 aromatic carbocycles. The number of aromatic nitrogens is 2. The van der Waals surface area contributed by atoms with Crippen LogP contribution in [0, 0.1) is 15.9 Å². The maximum Gasteiger partial charge on any atom is 0.312 e. The van der Waals surface area contributed by atoms with Crippen LogP contribution in [0.25, 0.3) is 0 Å². The van der Waals surface area contributed by atoms with E-state index in [1.807, 2.05) is 0 Å². The molecule has 1 heterocycles. The number of halogens is 3. The molecule has 19 heavy (non-hydrogen) atoms. The van der Waals surface area contributed by atoms with E-state index in [2.05, 4.69) is 25.9 Å². The third-order valence-corrected chi connectivity index (χ3v) is 2.68. The summed E-state index contributed by atoms with van der Waals surface area (Å²) in [5.74, 6) is -1.51. The molecule has 0 bridgehead atoms. The third-order valence-electron chi connectivity index (χ3n) is 2.01. The predicted octanol–water partition coefficient (Wildman–Crippen LogP) is 3.73. The normalized spacial score (nSPS) is 10.3. The minimum absolute atomic E-state index is 0.151. The SMILES string of the molecule is O=[N+]([O-])c1cc(Br)ccc1Oc1nc(Cl)ncc1F. The molecule has 6 nitrogen and oxygen atoms in total. The maximum atomic E-state index is 13.4. The van der Waals surface area contributed by atoms with E-state index in [-0.39, 0.29) is 16.7 Å². The first-order valence-corrected chi connectivity index (χ1v) is 5.94. The Morgan fingerprint density at radius 1 is 1.47 bits per heavy atom. The van der Waals surface area contributed by atoms with Gasteiger partial charge in [0.25, 0.3) is 5.88 Å². The molecule has 0 N–H and O–H groups in total. The number of nitro groups is 1. The molecule has 98 valence electrons. The van der Waals surface area contributed by atoms with Gasteiger partial charge in [0.15, 0.2) is 0 Å². The Morgan fingerprint density at radius 3 is 2.89 bits per heavy atom. The number of nitro benzene ring substituents is 1. The molecule has 0 amide bonds. The molecule has 9 heteroatoms. The second kappa shape index (κ2) is 5.45. The monoisotopic (exact) mass is 347 g/mol. The Bertz CT molecular complexity index is 656. The zero-order chi connectivity index (χ0) is 14.0. The number of hydrogen-bond acceptors (Lipinski definition) is 5. The summed E-state index contributed by atoms with van der Waals surface area (Å²) in [6, 6.07) is 4.07. The lowest BCUT2D eigenvalue weighted by molar-refractivity contribution is -0.385. The summed E-state index contributed by atoms with van der Waals surface area (Å²) in [6.07, 6.45) is 0.815. The highest BCUT2D eigenvalue weighted by molar-refractivity contribution is 9.10. The average Bonchev–Trinajstić information content (AvgIpc) is 2.35. The summed E-state index contributed by atoms with van der Waals surface area (Å²) < 4.78 is 18.9. The molecule has 1 aromatic heterocycles. The minimum atomic E-state index is -0.874. The summed E-state index contributed by atoms with van der Waals surface area (Å²) in [5.41, 5.74) is -0.330. The van der Waals surface area contributed by atoms with Crippen LogP contribution in [0.5, 0.6) is 11.6 Å². The van der Waals surface area contributed by atoms with Gasteiger partial charge >= 0.3 is 5.69 Å². The van der Waals surface area contributed by atoms with Crippen molar-refractivity contribution < 1.29 is 14.1 Å². The highest BCUT2D eigenvalue weighted by Gasteiger charge is 2.18. The van der Waals surface area contributed by atoms with Crippen molar-refractivity contribution in [3.05, 3.63) is 50.1 Å². The highest BCUT2D eigenvalue weighted by atomic mass is 79.9. The van der Waals surface area contributed by atoms with E-state index in [4.69, 9.17) is 16.3 Å². The van der Waals surface area contributed by atoms with E-state index in [0.29, 0.717) is 4.47 Å². The van der Waals surface area contributed by atoms with Crippen molar-refractivity contribution in [2.24, 2.45) is 0 Å². The van der Waals surface area contributed by atoms with Gasteiger partial charge < -0.3 is 4.74 Å². The topological polar surface area (TPSA) is 78.2 Å². The Hall–Kier alpha value is -1.80. The van der Waals surface area contributed by atoms with Crippen LogP contribution in [0.15, 0.2) is 28.9 Å². The summed E-state index contributed by atoms with van der Waals surface area (Å²) in [4.78, 5) is 17.1. The summed E-state index contributed by atoms with van der Waals surface area (Å²) in [5, 5.41) is 10.6. The van der Waals surface area contributed by atoms with Gasteiger partial charge in [0.2, 0.25) is 16.9 Å². The van der Waals surface area contributed by atoms with E-state index in [9.17, 15) is 14.5 Å². The first-order valence-electron chi connectivity index (χ1n) is 4.77. The van der Waals surface area contributed by atoms with Gasteiger partial charge in [-0.15, -0.1) is 0 Å². The van der Waals surface area contributed by atoms with E-state index in [0.717, 1.165) is 6.20 Å². The van der Waals surface area contributed by atoms with Crippen molar-refractivity contribution in [2.75, 3.05) is 0 Å². The van der Waals surface area contributed by atoms with Gasteiger partial charge in [-0.05, 0) is 23.7 Å². The Morgan fingerprint density at radius 2 is 2.21 bits per heavy atom. The minimum Gasteiger partial charge on any atom is -0.429 e. The van der Waals surface area contributed by atoms with E-state index in [1.165, 1.54) is 18.2 Å². The number of ether oxygens (including phenoxy) is 1. The van der Waals surface area contributed by atoms with Crippen molar-refractivity contribution in [1.29, 1.82) is 0 Å². The van der Waals surface area contributed by atoms with Crippen LogP contribution in [0.4, 0.5) is 10.1 Å². The van der Waals surface area contributed by atoms with Crippen LogP contribution in [-0.4, -0.2) is 14.9 Å². The van der Waals surface area contributed by atoms with Gasteiger partial charge in [0.05, 0.1) is 11.1 Å². The predicted molar refractivity (Wildman–Crippen MR) is 67.9 cm³/mol. The largest absolute Gasteiger partial charge is 0.429 e. The third kappa shape index (κ3) is 3.15. The van der Waals surface area contributed by atoms with Crippen molar-refractivity contribution in [2.45, 2.75) is 0 Å². The first kappa shape index (κ1) is 13.6. The molecule has 0 aliphatic carbocycles. The lowest BCUT2D eigenvalue weighted by Crippen LogP contribution is -1.97. The van der Waals surface area contributed by atoms with Gasteiger partial charge in [0, 0.05) is 10.5 Å². The average molecular weight is 349 g/mol. The fourth-order valence-electron chi connectivity index (χ4n) is 1.23. The van der Waals surface area contributed by atoms with Crippen molar-refractivity contribution in [3.8, 4) is 11.6 Å². The van der Waals surface area contributed by atoms with Crippen LogP contribution in [0.1, 0.15) is 0 Å². The number of rotatable bonds is 3. The fraction of sp³-hybridized carbons (Fsp3) is 0. The van der Waals surface area contributed by atoms with Crippen LogP contribution in [0.2, 0.25) is 5.28 Å². The van der Waals surface area contributed by atoms with Crippen molar-refractivity contribution >= 4 is 33.2 Å². The second-order valence-corrected chi connectivity index (χ2v) is 4.52. The number of benzene rings is 1. The van der Waals surface area contributed by atoms with Crippen LogP contribution < -0.4 is 4.74 Å². The van der Waals surface area contributed by atoms with Crippen LogP contribution in [0.3, 0.4) is 0 Å². The molecule has 0 aliphatic rings. The highest BCUT2D eigenvalue weighted by Crippen LogP contribution is 2.33. The number of nitrogens with zero attached hydrogens (tertiary/aromatic N) is 3. The standard InChI is InChI=1S/C10H4BrClFN3O3/c11-5-1-2-8(7(3-5)16(17)18)19-9-6(13)4-14-10(12)15-9/h1-4H. The molecule has 0 radical (unpaired) electrons. The van der Waals surface area contributed by atoms with Crippen LogP contribution in [-0.2, 0) is 0 Å². The molecule has 0 aliphatic heterocycles. The van der Waals surface area contributed by atoms with E-state index < -0.39 is 16.6 Å². The van der Waals surface area contributed by atoms with Gasteiger partial charge in [0.1, 0.15) is 0 Å². The Balaban J connectivity index is 2.43. The maximum absolute atomic E-state index is 13.4. The molecule has 2 aromatic rings. The molecule has 0 atom stereocenters. The Labute approximate surface area is 119 Å². The molecule has 0 saturated heterocycles. The van der Waals surface area contributed by atoms with Gasteiger partial charge in [-0.2, -0.15) is 9.37 Å². The summed E-state index contributed by atoms with van der Waals surface area (Å²) in [7, 11) is 0. The van der Waals surface area contributed by atoms with Crippen LogP contribution >= 0.6 is 27.5 Å². The smallest absolute Gasteiger partial charge is 0.312 e. The lowest BCUT2D eigenvalue weighted by atomic mass is 10.3. The molecular formula is C10H4BrClFN3O3. The number of hydrogen-bond donors (Lipinski definition) is 0. The van der Waals surface area contributed by atoms with E-state index in [1.54, 1.807) is 0 Å². The van der Waals surface area contributed by atoms with E-state index >= 15 is 0 Å². The molecule has 0 spiro atoms. The van der Waals surface area contributed by atoms with Crippen molar-refractivity contribution in [1.82, 2.24) is 9.97 Å². The van der Waals surface area contributed by atoms with Gasteiger partial charge in [-0.3, -0.25) is 10.1 Å². The quantitative estimate of drug-likeness (QED) is 0.480. The lowest BCUT2D eigenvalue weighted by Gasteiger charge is -2.06. The molecule has 0 saturated carbocycles. The molecular weight excluding hydrogens is 344 g/mol. The molecule has 0 unspecified atom stereocenters.